The smallest absolute Gasteiger partial charge is 0.396 e. The lowest BCUT2D eigenvalue weighted by Gasteiger charge is -2.41. The van der Waals surface area contributed by atoms with Gasteiger partial charge >= 0.3 is 6.18 Å². The van der Waals surface area contributed by atoms with E-state index in [0.29, 0.717) is 5.92 Å². The van der Waals surface area contributed by atoms with Gasteiger partial charge in [0.2, 0.25) is 0 Å². The number of aliphatic hydroxyl groups excluding tert-OH is 1. The summed E-state index contributed by atoms with van der Waals surface area (Å²) in [6.45, 7) is 3.62. The molecule has 1 saturated heterocycles. The molecule has 1 saturated carbocycles. The minimum Gasteiger partial charge on any atom is -0.396 e. The van der Waals surface area contributed by atoms with E-state index < -0.39 is 28.9 Å². The molecule has 10 heteroatoms. The van der Waals surface area contributed by atoms with Gasteiger partial charge in [0.25, 0.3) is 5.91 Å². The van der Waals surface area contributed by atoms with E-state index in [1.807, 2.05) is 4.90 Å². The van der Waals surface area contributed by atoms with Crippen LogP contribution in [0.3, 0.4) is 0 Å². The topological polar surface area (TPSA) is 80.5 Å². The fourth-order valence-electron chi connectivity index (χ4n) is 4.60. The summed E-state index contributed by atoms with van der Waals surface area (Å²) in [6, 6.07) is 2.22. The second-order valence-corrected chi connectivity index (χ2v) is 8.96. The average molecular weight is 455 g/mol. The summed E-state index contributed by atoms with van der Waals surface area (Å²) in [7, 11) is 0. The first-order valence-electron chi connectivity index (χ1n) is 10.3. The van der Waals surface area contributed by atoms with Gasteiger partial charge in [-0.3, -0.25) is 9.69 Å². The Balaban J connectivity index is 1.88. The predicted octanol–water partition coefficient (Wildman–Crippen LogP) is 4.02. The molecule has 1 aromatic rings. The van der Waals surface area contributed by atoms with E-state index in [1.165, 1.54) is 6.07 Å². The van der Waals surface area contributed by atoms with Gasteiger partial charge in [0.15, 0.2) is 10.8 Å². The van der Waals surface area contributed by atoms with Crippen molar-refractivity contribution in [3.8, 4) is 6.07 Å². The maximum Gasteiger partial charge on any atom is 0.419 e. The van der Waals surface area contributed by atoms with Crippen LogP contribution in [0.5, 0.6) is 0 Å². The number of aromatic nitrogens is 1. The molecule has 1 N–H and O–H groups in total. The number of thiocarbonyl (C=S) groups is 1. The third-order valence-electron chi connectivity index (χ3n) is 6.22. The molecule has 0 aromatic carbocycles. The highest BCUT2D eigenvalue weighted by atomic mass is 32.1. The van der Waals surface area contributed by atoms with Crippen molar-refractivity contribution in [1.29, 1.82) is 5.26 Å². The van der Waals surface area contributed by atoms with E-state index in [4.69, 9.17) is 22.6 Å². The summed E-state index contributed by atoms with van der Waals surface area (Å²) in [6.07, 6.45) is 1.57. The van der Waals surface area contributed by atoms with Gasteiger partial charge in [0.05, 0.1) is 17.4 Å². The summed E-state index contributed by atoms with van der Waals surface area (Å²) in [5.74, 6) is 0.103. The largest absolute Gasteiger partial charge is 0.419 e. The number of rotatable bonds is 5. The standard InChI is InChI=1S/C21H25F3N4O2S/c1-20(2)18(30)27(15-10-16(21(22,23)24)17(11-25)26-12-15)19(31)28(20)14-7-5-13(6-8-14)4-3-9-29/h10,12-14,29H,3-9H2,1-2H3/t13-,14-. The molecule has 0 bridgehead atoms. The number of nitriles is 1. The van der Waals surface area contributed by atoms with Crippen molar-refractivity contribution < 1.29 is 23.1 Å². The van der Waals surface area contributed by atoms with Gasteiger partial charge in [-0.05, 0) is 76.6 Å². The molecule has 6 nitrogen and oxygen atoms in total. The Labute approximate surface area is 184 Å². The van der Waals surface area contributed by atoms with Crippen molar-refractivity contribution in [2.75, 3.05) is 11.5 Å². The van der Waals surface area contributed by atoms with Crippen LogP contribution < -0.4 is 4.90 Å². The Morgan fingerprint density at radius 1 is 1.32 bits per heavy atom. The van der Waals surface area contributed by atoms with E-state index in [0.717, 1.165) is 55.7 Å². The second kappa shape index (κ2) is 8.71. The summed E-state index contributed by atoms with van der Waals surface area (Å²) in [5.41, 5.74) is -3.03. The lowest BCUT2D eigenvalue weighted by Crippen LogP contribution is -2.51. The Bertz CT molecular complexity index is 905. The van der Waals surface area contributed by atoms with Gasteiger partial charge < -0.3 is 10.0 Å². The molecule has 0 unspecified atom stereocenters. The number of anilines is 1. The van der Waals surface area contributed by atoms with Crippen LogP contribution in [-0.2, 0) is 11.0 Å². The lowest BCUT2D eigenvalue weighted by molar-refractivity contribution is -0.138. The molecule has 1 aromatic heterocycles. The summed E-state index contributed by atoms with van der Waals surface area (Å²) >= 11 is 5.57. The van der Waals surface area contributed by atoms with E-state index in [9.17, 15) is 18.0 Å². The average Bonchev–Trinajstić information content (AvgIpc) is 2.90. The summed E-state index contributed by atoms with van der Waals surface area (Å²) in [5, 5.41) is 18.2. The van der Waals surface area contributed by atoms with Crippen molar-refractivity contribution >= 4 is 28.9 Å². The fraction of sp³-hybridized carbons (Fsp3) is 0.619. The van der Waals surface area contributed by atoms with Crippen molar-refractivity contribution in [3.63, 3.8) is 0 Å². The molecule has 1 aliphatic carbocycles. The summed E-state index contributed by atoms with van der Waals surface area (Å²) in [4.78, 5) is 19.8. The molecule has 2 fully saturated rings. The molecule has 168 valence electrons. The zero-order chi connectivity index (χ0) is 23.0. The number of aliphatic hydroxyl groups is 1. The van der Waals surface area contributed by atoms with Crippen LogP contribution in [0.1, 0.15) is 63.6 Å². The number of alkyl halides is 3. The Morgan fingerprint density at radius 3 is 2.52 bits per heavy atom. The highest BCUT2D eigenvalue weighted by Gasteiger charge is 2.52. The van der Waals surface area contributed by atoms with Crippen LogP contribution in [0.4, 0.5) is 18.9 Å². The number of carbonyl (C=O) groups excluding carboxylic acids is 1. The third kappa shape index (κ3) is 4.39. The van der Waals surface area contributed by atoms with Crippen LogP contribution in [0.15, 0.2) is 12.3 Å². The zero-order valence-electron chi connectivity index (χ0n) is 17.4. The van der Waals surface area contributed by atoms with Gasteiger partial charge in [-0.1, -0.05) is 0 Å². The quantitative estimate of drug-likeness (QED) is 0.677. The first kappa shape index (κ1) is 23.4. The molecule has 31 heavy (non-hydrogen) atoms. The second-order valence-electron chi connectivity index (χ2n) is 8.59. The highest BCUT2D eigenvalue weighted by molar-refractivity contribution is 7.80. The molecule has 1 aliphatic heterocycles. The molecular formula is C21H25F3N4O2S. The molecule has 0 radical (unpaired) electrons. The molecule has 0 spiro atoms. The minimum absolute atomic E-state index is 0.00949. The SMILES string of the molecule is CC1(C)C(=O)N(c2cnc(C#N)c(C(F)(F)F)c2)C(=S)N1[C@H]1CC[C@H](CCCO)CC1. The molecule has 0 atom stereocenters. The number of halogens is 3. The lowest BCUT2D eigenvalue weighted by atomic mass is 9.82. The van der Waals surface area contributed by atoms with Gasteiger partial charge in [0.1, 0.15) is 11.6 Å². The number of hydrogen-bond acceptors (Lipinski definition) is 5. The summed E-state index contributed by atoms with van der Waals surface area (Å²) < 4.78 is 40.2. The molecule has 2 heterocycles. The van der Waals surface area contributed by atoms with Crippen LogP contribution in [0.25, 0.3) is 0 Å². The first-order valence-corrected chi connectivity index (χ1v) is 10.7. The van der Waals surface area contributed by atoms with Gasteiger partial charge in [-0.25, -0.2) is 4.98 Å². The Kier molecular flexibility index (Phi) is 6.58. The predicted molar refractivity (Wildman–Crippen MR) is 112 cm³/mol. The first-order chi connectivity index (χ1) is 14.5. The van der Waals surface area contributed by atoms with Gasteiger partial charge in [0, 0.05) is 12.6 Å². The highest BCUT2D eigenvalue weighted by Crippen LogP contribution is 2.41. The number of pyridine rings is 1. The maximum atomic E-state index is 13.4. The maximum absolute atomic E-state index is 13.4. The Morgan fingerprint density at radius 2 is 1.97 bits per heavy atom. The normalized spacial score (nSPS) is 23.9. The molecular weight excluding hydrogens is 429 g/mol. The number of carbonyl (C=O) groups is 1. The zero-order valence-corrected chi connectivity index (χ0v) is 18.3. The van der Waals surface area contributed by atoms with Gasteiger partial charge in [-0.15, -0.1) is 0 Å². The fourth-order valence-corrected chi connectivity index (χ4v) is 5.17. The van der Waals surface area contributed by atoms with Crippen LogP contribution >= 0.6 is 12.2 Å². The molecule has 2 aliphatic rings. The van der Waals surface area contributed by atoms with E-state index >= 15 is 0 Å². The third-order valence-corrected chi connectivity index (χ3v) is 6.60. The van der Waals surface area contributed by atoms with E-state index in [2.05, 4.69) is 4.98 Å². The Hall–Kier alpha value is -2.25. The van der Waals surface area contributed by atoms with E-state index in [-0.39, 0.29) is 23.4 Å². The van der Waals surface area contributed by atoms with Crippen LogP contribution in [0.2, 0.25) is 0 Å². The molecule has 1 amide bonds. The number of nitrogens with zero attached hydrogens (tertiary/aromatic N) is 4. The van der Waals surface area contributed by atoms with Crippen molar-refractivity contribution in [3.05, 3.63) is 23.5 Å². The van der Waals surface area contributed by atoms with Crippen LogP contribution in [-0.4, -0.2) is 44.2 Å². The van der Waals surface area contributed by atoms with Crippen molar-refractivity contribution in [1.82, 2.24) is 9.88 Å². The van der Waals surface area contributed by atoms with Crippen molar-refractivity contribution in [2.24, 2.45) is 5.92 Å². The van der Waals surface area contributed by atoms with E-state index in [1.54, 1.807) is 13.8 Å². The molecule has 3 rings (SSSR count). The monoisotopic (exact) mass is 454 g/mol. The van der Waals surface area contributed by atoms with Crippen molar-refractivity contribution in [2.45, 2.75) is 70.1 Å². The number of amides is 1. The minimum atomic E-state index is -4.78. The number of hydrogen-bond donors (Lipinski definition) is 1. The van der Waals surface area contributed by atoms with Crippen LogP contribution in [0, 0.1) is 17.2 Å². The van der Waals surface area contributed by atoms with Gasteiger partial charge in [-0.2, -0.15) is 18.4 Å².